The molecule has 0 aliphatic rings. The highest BCUT2D eigenvalue weighted by molar-refractivity contribution is 6.31. The average molecular weight is 193 g/mol. The maximum Gasteiger partial charge on any atom is 0.0703 e. The van der Waals surface area contributed by atoms with Gasteiger partial charge in [0.15, 0.2) is 0 Å². The maximum atomic E-state index is 5.86. The molecular formula is C10H9ClN2. The van der Waals surface area contributed by atoms with Crippen molar-refractivity contribution in [2.45, 2.75) is 6.54 Å². The molecule has 0 saturated carbocycles. The van der Waals surface area contributed by atoms with Gasteiger partial charge in [0.05, 0.1) is 5.52 Å². The van der Waals surface area contributed by atoms with E-state index in [0.29, 0.717) is 6.54 Å². The van der Waals surface area contributed by atoms with Crippen LogP contribution in [0.5, 0.6) is 0 Å². The first-order valence-corrected chi connectivity index (χ1v) is 4.41. The minimum atomic E-state index is 0.509. The Bertz CT molecular complexity index is 440. The highest BCUT2D eigenvalue weighted by Crippen LogP contribution is 2.18. The molecule has 2 N–H and O–H groups in total. The lowest BCUT2D eigenvalue weighted by Gasteiger charge is -2.00. The number of rotatable bonds is 1. The summed E-state index contributed by atoms with van der Waals surface area (Å²) in [6.45, 7) is 0.509. The van der Waals surface area contributed by atoms with Crippen LogP contribution in [-0.4, -0.2) is 4.98 Å². The van der Waals surface area contributed by atoms with Gasteiger partial charge in [-0.3, -0.25) is 4.98 Å². The Kier molecular flexibility index (Phi) is 2.17. The third kappa shape index (κ3) is 1.64. The summed E-state index contributed by atoms with van der Waals surface area (Å²) in [5.74, 6) is 0. The van der Waals surface area contributed by atoms with Crippen LogP contribution in [0.2, 0.25) is 5.02 Å². The van der Waals surface area contributed by atoms with Gasteiger partial charge < -0.3 is 5.73 Å². The van der Waals surface area contributed by atoms with Crippen LogP contribution in [0.3, 0.4) is 0 Å². The van der Waals surface area contributed by atoms with E-state index in [4.69, 9.17) is 17.3 Å². The van der Waals surface area contributed by atoms with Crippen molar-refractivity contribution in [2.24, 2.45) is 5.73 Å². The van der Waals surface area contributed by atoms with Gasteiger partial charge in [-0.05, 0) is 29.8 Å². The third-order valence-electron chi connectivity index (χ3n) is 1.94. The molecule has 2 aromatic rings. The molecule has 13 heavy (non-hydrogen) atoms. The van der Waals surface area contributed by atoms with Crippen LogP contribution in [0.4, 0.5) is 0 Å². The number of halogens is 1. The summed E-state index contributed by atoms with van der Waals surface area (Å²) in [5.41, 5.74) is 7.47. The van der Waals surface area contributed by atoms with Crippen LogP contribution >= 0.6 is 11.6 Å². The lowest BCUT2D eigenvalue weighted by atomic mass is 10.1. The molecule has 3 heteroatoms. The summed E-state index contributed by atoms with van der Waals surface area (Å²) in [5, 5.41) is 1.76. The molecule has 1 aromatic heterocycles. The van der Waals surface area contributed by atoms with Gasteiger partial charge in [-0.25, -0.2) is 0 Å². The summed E-state index contributed by atoms with van der Waals surface area (Å²) in [6.07, 6.45) is 1.79. The predicted octanol–water partition coefficient (Wildman–Crippen LogP) is 2.35. The van der Waals surface area contributed by atoms with Crippen LogP contribution in [0.1, 0.15) is 5.56 Å². The van der Waals surface area contributed by atoms with Gasteiger partial charge in [-0.1, -0.05) is 11.6 Å². The minimum Gasteiger partial charge on any atom is -0.326 e. The highest BCUT2D eigenvalue weighted by atomic mass is 35.5. The van der Waals surface area contributed by atoms with Crippen LogP contribution in [0, 0.1) is 0 Å². The summed E-state index contributed by atoms with van der Waals surface area (Å²) in [6, 6.07) is 7.63. The molecule has 1 aromatic carbocycles. The Morgan fingerprint density at radius 2 is 2.15 bits per heavy atom. The van der Waals surface area contributed by atoms with E-state index in [1.807, 2.05) is 24.3 Å². The summed E-state index contributed by atoms with van der Waals surface area (Å²) in [7, 11) is 0. The Morgan fingerprint density at radius 1 is 1.31 bits per heavy atom. The van der Waals surface area contributed by atoms with Gasteiger partial charge >= 0.3 is 0 Å². The number of hydrogen-bond donors (Lipinski definition) is 1. The molecule has 0 amide bonds. The van der Waals surface area contributed by atoms with Crippen molar-refractivity contribution >= 4 is 22.5 Å². The zero-order valence-corrected chi connectivity index (χ0v) is 7.75. The van der Waals surface area contributed by atoms with Crippen molar-refractivity contribution in [1.29, 1.82) is 0 Å². The topological polar surface area (TPSA) is 38.9 Å². The van der Waals surface area contributed by atoms with Crippen LogP contribution in [0.25, 0.3) is 10.9 Å². The third-order valence-corrected chi connectivity index (χ3v) is 2.17. The van der Waals surface area contributed by atoms with Crippen molar-refractivity contribution in [3.8, 4) is 0 Å². The van der Waals surface area contributed by atoms with E-state index in [-0.39, 0.29) is 0 Å². The van der Waals surface area contributed by atoms with Gasteiger partial charge in [0.2, 0.25) is 0 Å². The van der Waals surface area contributed by atoms with E-state index < -0.39 is 0 Å². The SMILES string of the molecule is NCc1cnc2ccc(Cl)cc2c1. The van der Waals surface area contributed by atoms with Crippen LogP contribution in [0.15, 0.2) is 30.5 Å². The van der Waals surface area contributed by atoms with Crippen molar-refractivity contribution in [2.75, 3.05) is 0 Å². The molecule has 0 aliphatic heterocycles. The normalized spacial score (nSPS) is 10.6. The van der Waals surface area contributed by atoms with Crippen molar-refractivity contribution in [3.63, 3.8) is 0 Å². The molecule has 0 fully saturated rings. The maximum absolute atomic E-state index is 5.86. The molecular weight excluding hydrogens is 184 g/mol. The second-order valence-electron chi connectivity index (χ2n) is 2.88. The number of benzene rings is 1. The summed E-state index contributed by atoms with van der Waals surface area (Å²) in [4.78, 5) is 4.25. The zero-order chi connectivity index (χ0) is 9.26. The van der Waals surface area contributed by atoms with E-state index in [1.165, 1.54) is 0 Å². The molecule has 0 aliphatic carbocycles. The van der Waals surface area contributed by atoms with Gasteiger partial charge in [-0.2, -0.15) is 0 Å². The smallest absolute Gasteiger partial charge is 0.0703 e. The molecule has 1 heterocycles. The molecule has 0 bridgehead atoms. The summed E-state index contributed by atoms with van der Waals surface area (Å²) < 4.78 is 0. The predicted molar refractivity (Wildman–Crippen MR) is 54.6 cm³/mol. The number of pyridine rings is 1. The van der Waals surface area contributed by atoms with E-state index >= 15 is 0 Å². The fourth-order valence-corrected chi connectivity index (χ4v) is 1.44. The molecule has 2 rings (SSSR count). The average Bonchev–Trinajstić information content (AvgIpc) is 2.16. The second-order valence-corrected chi connectivity index (χ2v) is 3.32. The molecule has 0 radical (unpaired) electrons. The van der Waals surface area contributed by atoms with Gasteiger partial charge in [0.25, 0.3) is 0 Å². The van der Waals surface area contributed by atoms with Crippen molar-refractivity contribution in [3.05, 3.63) is 41.0 Å². The highest BCUT2D eigenvalue weighted by Gasteiger charge is 1.97. The minimum absolute atomic E-state index is 0.509. The number of hydrogen-bond acceptors (Lipinski definition) is 2. The Balaban J connectivity index is 2.68. The first-order chi connectivity index (χ1) is 6.29. The summed E-state index contributed by atoms with van der Waals surface area (Å²) >= 11 is 5.86. The van der Waals surface area contributed by atoms with E-state index in [2.05, 4.69) is 4.98 Å². The first-order valence-electron chi connectivity index (χ1n) is 4.04. The fraction of sp³-hybridized carbons (Fsp3) is 0.100. The monoisotopic (exact) mass is 192 g/mol. The largest absolute Gasteiger partial charge is 0.326 e. The molecule has 0 spiro atoms. The number of fused-ring (bicyclic) bond motifs is 1. The van der Waals surface area contributed by atoms with E-state index in [0.717, 1.165) is 21.5 Å². The standard InChI is InChI=1S/C10H9ClN2/c11-9-1-2-10-8(4-9)3-7(5-12)6-13-10/h1-4,6H,5,12H2. The number of nitrogens with zero attached hydrogens (tertiary/aromatic N) is 1. The van der Waals surface area contributed by atoms with Crippen molar-refractivity contribution in [1.82, 2.24) is 4.98 Å². The van der Waals surface area contributed by atoms with Gasteiger partial charge in [0.1, 0.15) is 0 Å². The first kappa shape index (κ1) is 8.48. The van der Waals surface area contributed by atoms with E-state index in [9.17, 15) is 0 Å². The van der Waals surface area contributed by atoms with Crippen LogP contribution < -0.4 is 5.73 Å². The molecule has 66 valence electrons. The molecule has 0 unspecified atom stereocenters. The number of aromatic nitrogens is 1. The zero-order valence-electron chi connectivity index (χ0n) is 7.00. The lowest BCUT2D eigenvalue weighted by Crippen LogP contribution is -1.96. The molecule has 0 saturated heterocycles. The van der Waals surface area contributed by atoms with Gasteiger partial charge in [-0.15, -0.1) is 0 Å². The van der Waals surface area contributed by atoms with Crippen molar-refractivity contribution < 1.29 is 0 Å². The van der Waals surface area contributed by atoms with E-state index in [1.54, 1.807) is 6.20 Å². The second kappa shape index (κ2) is 3.32. The van der Waals surface area contributed by atoms with Crippen LogP contribution in [-0.2, 0) is 6.54 Å². The lowest BCUT2D eigenvalue weighted by molar-refractivity contribution is 1.06. The molecule has 0 atom stereocenters. The molecule has 2 nitrogen and oxygen atoms in total. The fourth-order valence-electron chi connectivity index (χ4n) is 1.26. The quantitative estimate of drug-likeness (QED) is 0.754. The number of nitrogens with two attached hydrogens (primary N) is 1. The Hall–Kier alpha value is -1.12. The Morgan fingerprint density at radius 3 is 2.92 bits per heavy atom. The van der Waals surface area contributed by atoms with Gasteiger partial charge in [0, 0.05) is 23.2 Å². The Labute approximate surface area is 81.3 Å².